The summed E-state index contributed by atoms with van der Waals surface area (Å²) in [4.78, 5) is 37.3. The minimum atomic E-state index is -0.301. The average molecular weight is 290 g/mol. The first-order valence-electron chi connectivity index (χ1n) is 6.68. The zero-order chi connectivity index (χ0) is 15.1. The van der Waals surface area contributed by atoms with Crippen molar-refractivity contribution in [2.45, 2.75) is 0 Å². The second kappa shape index (κ2) is 4.63. The summed E-state index contributed by atoms with van der Waals surface area (Å²) in [6.07, 6.45) is 3.16. The van der Waals surface area contributed by atoms with Gasteiger partial charge in [-0.1, -0.05) is 0 Å². The van der Waals surface area contributed by atoms with Crippen LogP contribution in [0.2, 0.25) is 0 Å². The normalized spacial score (nSPS) is 11.1. The number of imidazole rings is 1. The smallest absolute Gasteiger partial charge is 0.304 e. The minimum absolute atomic E-state index is 0.0994. The van der Waals surface area contributed by atoms with Crippen molar-refractivity contribution in [2.24, 2.45) is 0 Å². The zero-order valence-corrected chi connectivity index (χ0v) is 11.3. The van der Waals surface area contributed by atoms with Crippen LogP contribution in [0.5, 0.6) is 0 Å². The fourth-order valence-electron chi connectivity index (χ4n) is 2.43. The third kappa shape index (κ3) is 1.98. The van der Waals surface area contributed by atoms with Gasteiger partial charge in [0.1, 0.15) is 0 Å². The van der Waals surface area contributed by atoms with Gasteiger partial charge in [-0.3, -0.25) is 14.8 Å². The van der Waals surface area contributed by atoms with E-state index in [1.807, 2.05) is 0 Å². The molecule has 0 radical (unpaired) electrons. The SMILES string of the molecule is O=C(c1cccnc1)c1ccc2nc3[nH]c(=O)[nH]c3cc2c1. The molecule has 0 unspecified atom stereocenters. The van der Waals surface area contributed by atoms with E-state index in [0.717, 1.165) is 5.39 Å². The van der Waals surface area contributed by atoms with Gasteiger partial charge in [0.25, 0.3) is 0 Å². The lowest BCUT2D eigenvalue weighted by Crippen LogP contribution is -2.01. The average Bonchev–Trinajstić information content (AvgIpc) is 2.91. The lowest BCUT2D eigenvalue weighted by molar-refractivity contribution is 0.103. The molecule has 4 aromatic rings. The van der Waals surface area contributed by atoms with Crippen molar-refractivity contribution in [1.82, 2.24) is 19.9 Å². The van der Waals surface area contributed by atoms with Crippen LogP contribution in [0.25, 0.3) is 22.1 Å². The van der Waals surface area contributed by atoms with Crippen LogP contribution in [0, 0.1) is 0 Å². The number of rotatable bonds is 2. The summed E-state index contributed by atoms with van der Waals surface area (Å²) < 4.78 is 0. The molecule has 0 aliphatic heterocycles. The van der Waals surface area contributed by atoms with Crippen LogP contribution in [-0.4, -0.2) is 25.7 Å². The van der Waals surface area contributed by atoms with Crippen LogP contribution in [0.4, 0.5) is 0 Å². The quantitative estimate of drug-likeness (QED) is 0.552. The standard InChI is InChI=1S/C16H10N4O2/c21-14(10-2-1-5-17-8-10)9-3-4-12-11(6-9)7-13-15(18-12)20-16(22)19-13/h1-8H,(H2,18,19,20,22). The van der Waals surface area contributed by atoms with Gasteiger partial charge in [0.2, 0.25) is 0 Å². The van der Waals surface area contributed by atoms with Crippen molar-refractivity contribution in [3.63, 3.8) is 0 Å². The van der Waals surface area contributed by atoms with Crippen LogP contribution in [0.1, 0.15) is 15.9 Å². The van der Waals surface area contributed by atoms with Gasteiger partial charge < -0.3 is 4.98 Å². The molecule has 0 saturated heterocycles. The van der Waals surface area contributed by atoms with Gasteiger partial charge in [-0.2, -0.15) is 0 Å². The number of aromatic amines is 2. The van der Waals surface area contributed by atoms with Gasteiger partial charge in [-0.05, 0) is 36.4 Å². The van der Waals surface area contributed by atoms with Crippen LogP contribution >= 0.6 is 0 Å². The van der Waals surface area contributed by atoms with E-state index >= 15 is 0 Å². The maximum Gasteiger partial charge on any atom is 0.325 e. The van der Waals surface area contributed by atoms with Crippen LogP contribution in [0.15, 0.2) is 53.6 Å². The van der Waals surface area contributed by atoms with Crippen molar-refractivity contribution in [2.75, 3.05) is 0 Å². The molecule has 22 heavy (non-hydrogen) atoms. The largest absolute Gasteiger partial charge is 0.325 e. The molecule has 0 bridgehead atoms. The second-order valence-corrected chi connectivity index (χ2v) is 4.94. The molecule has 0 saturated carbocycles. The Hall–Kier alpha value is -3.28. The zero-order valence-electron chi connectivity index (χ0n) is 11.3. The highest BCUT2D eigenvalue weighted by Gasteiger charge is 2.11. The number of carbonyl (C=O) groups is 1. The topological polar surface area (TPSA) is 91.5 Å². The summed E-state index contributed by atoms with van der Waals surface area (Å²) in [7, 11) is 0. The molecule has 0 aliphatic rings. The molecule has 0 atom stereocenters. The highest BCUT2D eigenvalue weighted by Crippen LogP contribution is 2.19. The first kappa shape index (κ1) is 12.5. The van der Waals surface area contributed by atoms with Gasteiger partial charge in [-0.25, -0.2) is 9.78 Å². The molecule has 1 aromatic carbocycles. The Kier molecular flexibility index (Phi) is 2.62. The van der Waals surface area contributed by atoms with Crippen molar-refractivity contribution >= 4 is 27.9 Å². The fourth-order valence-corrected chi connectivity index (χ4v) is 2.43. The molecule has 3 heterocycles. The van der Waals surface area contributed by atoms with Crippen LogP contribution in [0.3, 0.4) is 0 Å². The van der Waals surface area contributed by atoms with E-state index in [2.05, 4.69) is 19.9 Å². The lowest BCUT2D eigenvalue weighted by atomic mass is 10.0. The second-order valence-electron chi connectivity index (χ2n) is 4.94. The highest BCUT2D eigenvalue weighted by atomic mass is 16.1. The molecular formula is C16H10N4O2. The Bertz CT molecular complexity index is 1060. The molecule has 3 aromatic heterocycles. The van der Waals surface area contributed by atoms with E-state index < -0.39 is 0 Å². The van der Waals surface area contributed by atoms with Crippen molar-refractivity contribution in [3.8, 4) is 0 Å². The van der Waals surface area contributed by atoms with Crippen molar-refractivity contribution in [1.29, 1.82) is 0 Å². The third-order valence-corrected chi connectivity index (χ3v) is 3.48. The number of fused-ring (bicyclic) bond motifs is 2. The number of benzene rings is 1. The van der Waals surface area contributed by atoms with Crippen molar-refractivity contribution in [3.05, 3.63) is 70.4 Å². The first-order valence-corrected chi connectivity index (χ1v) is 6.68. The van der Waals surface area contributed by atoms with E-state index in [1.54, 1.807) is 42.6 Å². The van der Waals surface area contributed by atoms with E-state index in [4.69, 9.17) is 0 Å². The number of nitrogens with zero attached hydrogens (tertiary/aromatic N) is 2. The lowest BCUT2D eigenvalue weighted by Gasteiger charge is -2.03. The molecule has 0 fully saturated rings. The number of nitrogens with one attached hydrogen (secondary N) is 2. The predicted molar refractivity (Wildman–Crippen MR) is 81.9 cm³/mol. The Balaban J connectivity index is 1.87. The molecule has 2 N–H and O–H groups in total. The number of hydrogen-bond donors (Lipinski definition) is 2. The van der Waals surface area contributed by atoms with E-state index in [-0.39, 0.29) is 11.5 Å². The molecule has 0 amide bonds. The minimum Gasteiger partial charge on any atom is -0.304 e. The summed E-state index contributed by atoms with van der Waals surface area (Å²) in [6, 6.07) is 10.5. The maximum atomic E-state index is 12.4. The van der Waals surface area contributed by atoms with Gasteiger partial charge in [0.15, 0.2) is 11.4 Å². The van der Waals surface area contributed by atoms with Gasteiger partial charge in [-0.15, -0.1) is 0 Å². The number of aromatic nitrogens is 4. The summed E-state index contributed by atoms with van der Waals surface area (Å²) in [5, 5.41) is 0.789. The molecular weight excluding hydrogens is 280 g/mol. The summed E-state index contributed by atoms with van der Waals surface area (Å²) in [5.74, 6) is -0.0994. The number of pyridine rings is 2. The molecule has 0 aliphatic carbocycles. The number of H-pyrrole nitrogens is 2. The molecule has 6 heteroatoms. The van der Waals surface area contributed by atoms with E-state index in [9.17, 15) is 9.59 Å². The summed E-state index contributed by atoms with van der Waals surface area (Å²) in [5.41, 5.74) is 2.62. The van der Waals surface area contributed by atoms with Crippen LogP contribution in [-0.2, 0) is 0 Å². The Morgan fingerprint density at radius 1 is 1.05 bits per heavy atom. The molecule has 0 spiro atoms. The maximum absolute atomic E-state index is 12.4. The Labute approximate surface area is 123 Å². The molecule has 6 nitrogen and oxygen atoms in total. The van der Waals surface area contributed by atoms with E-state index in [0.29, 0.717) is 27.8 Å². The van der Waals surface area contributed by atoms with Gasteiger partial charge in [0, 0.05) is 28.9 Å². The highest BCUT2D eigenvalue weighted by molar-refractivity contribution is 6.10. The summed E-state index contributed by atoms with van der Waals surface area (Å²) >= 11 is 0. The monoisotopic (exact) mass is 290 g/mol. The van der Waals surface area contributed by atoms with Crippen LogP contribution < -0.4 is 5.69 Å². The van der Waals surface area contributed by atoms with E-state index in [1.165, 1.54) is 6.20 Å². The van der Waals surface area contributed by atoms with Crippen molar-refractivity contribution < 1.29 is 4.79 Å². The Morgan fingerprint density at radius 3 is 2.77 bits per heavy atom. The predicted octanol–water partition coefficient (Wildman–Crippen LogP) is 2.03. The summed E-state index contributed by atoms with van der Waals surface area (Å²) in [6.45, 7) is 0. The fraction of sp³-hybridized carbons (Fsp3) is 0. The van der Waals surface area contributed by atoms with Gasteiger partial charge >= 0.3 is 5.69 Å². The number of ketones is 1. The number of hydrogen-bond acceptors (Lipinski definition) is 4. The number of carbonyl (C=O) groups excluding carboxylic acids is 1. The first-order chi connectivity index (χ1) is 10.7. The van der Waals surface area contributed by atoms with Gasteiger partial charge in [0.05, 0.1) is 11.0 Å². The Morgan fingerprint density at radius 2 is 1.95 bits per heavy atom. The molecule has 106 valence electrons. The molecule has 4 rings (SSSR count). The third-order valence-electron chi connectivity index (χ3n) is 3.48.